The van der Waals surface area contributed by atoms with E-state index in [4.69, 9.17) is 4.43 Å². The van der Waals surface area contributed by atoms with E-state index in [2.05, 4.69) is 87.5 Å². The first-order valence-electron chi connectivity index (χ1n) is 11.4. The molecule has 0 heterocycles. The highest BCUT2D eigenvalue weighted by Crippen LogP contribution is 2.43. The lowest BCUT2D eigenvalue weighted by Gasteiger charge is -2.43. The lowest BCUT2D eigenvalue weighted by Crippen LogP contribution is -2.66. The first kappa shape index (κ1) is 22.4. The van der Waals surface area contributed by atoms with E-state index in [0.29, 0.717) is 5.92 Å². The van der Waals surface area contributed by atoms with E-state index in [9.17, 15) is 4.79 Å². The molecule has 1 aliphatic carbocycles. The molecule has 0 aliphatic heterocycles. The summed E-state index contributed by atoms with van der Waals surface area (Å²) in [4.78, 5) is 11.5. The van der Waals surface area contributed by atoms with E-state index >= 15 is 0 Å². The van der Waals surface area contributed by atoms with E-state index in [1.807, 2.05) is 24.3 Å². The summed E-state index contributed by atoms with van der Waals surface area (Å²) in [6.45, 7) is 9.30. The molecule has 4 rings (SSSR count). The van der Waals surface area contributed by atoms with Crippen molar-refractivity contribution in [3.8, 4) is 0 Å². The molecular formula is C29H32O2Si. The van der Waals surface area contributed by atoms with Crippen molar-refractivity contribution in [2.24, 2.45) is 5.92 Å². The number of Topliss-reactive ketones (excluding diaryl/α,β-unsaturated/α-hetero) is 1. The zero-order valence-corrected chi connectivity index (χ0v) is 20.5. The monoisotopic (exact) mass is 440 g/mol. The van der Waals surface area contributed by atoms with Gasteiger partial charge in [-0.25, -0.2) is 0 Å². The minimum atomic E-state index is -2.48. The molecule has 0 unspecified atom stereocenters. The van der Waals surface area contributed by atoms with Crippen LogP contribution in [-0.4, -0.2) is 20.7 Å². The molecule has 32 heavy (non-hydrogen) atoms. The van der Waals surface area contributed by atoms with E-state index in [0.717, 1.165) is 24.2 Å². The Hall–Kier alpha value is -2.75. The molecule has 0 radical (unpaired) electrons. The van der Waals surface area contributed by atoms with Crippen LogP contribution in [0.25, 0.3) is 6.08 Å². The Kier molecular flexibility index (Phi) is 6.32. The molecule has 1 fully saturated rings. The topological polar surface area (TPSA) is 26.3 Å². The number of hydrogen-bond acceptors (Lipinski definition) is 2. The van der Waals surface area contributed by atoms with Gasteiger partial charge >= 0.3 is 0 Å². The highest BCUT2D eigenvalue weighted by Gasteiger charge is 2.51. The van der Waals surface area contributed by atoms with Gasteiger partial charge in [0, 0.05) is 18.1 Å². The average molecular weight is 441 g/mol. The van der Waals surface area contributed by atoms with Crippen LogP contribution in [-0.2, 0) is 4.43 Å². The molecule has 1 saturated carbocycles. The molecule has 0 bridgehead atoms. The molecule has 3 aromatic carbocycles. The number of rotatable bonds is 7. The third-order valence-corrected chi connectivity index (χ3v) is 11.4. The van der Waals surface area contributed by atoms with Gasteiger partial charge in [0.15, 0.2) is 5.78 Å². The van der Waals surface area contributed by atoms with Crippen molar-refractivity contribution in [1.29, 1.82) is 0 Å². The van der Waals surface area contributed by atoms with E-state index < -0.39 is 8.32 Å². The summed E-state index contributed by atoms with van der Waals surface area (Å²) in [6.07, 6.45) is 3.33. The minimum Gasteiger partial charge on any atom is -0.407 e. The van der Waals surface area contributed by atoms with Gasteiger partial charge in [-0.1, -0.05) is 117 Å². The van der Waals surface area contributed by atoms with E-state index in [1.165, 1.54) is 15.9 Å². The number of ketones is 1. The maximum Gasteiger partial charge on any atom is 0.261 e. The first-order valence-corrected chi connectivity index (χ1v) is 13.3. The molecule has 3 heteroatoms. The van der Waals surface area contributed by atoms with Gasteiger partial charge in [0.2, 0.25) is 0 Å². The molecule has 0 amide bonds. The maximum atomic E-state index is 11.5. The second-order valence-electron chi connectivity index (χ2n) is 9.77. The minimum absolute atomic E-state index is 0.00298. The summed E-state index contributed by atoms with van der Waals surface area (Å²) >= 11 is 0. The van der Waals surface area contributed by atoms with Gasteiger partial charge in [-0.2, -0.15) is 0 Å². The summed E-state index contributed by atoms with van der Waals surface area (Å²) < 4.78 is 7.06. The summed E-state index contributed by atoms with van der Waals surface area (Å²) in [6, 6.07) is 29.5. The number of benzene rings is 3. The number of carbonyl (C=O) groups is 1. The Balaban J connectivity index is 1.59. The van der Waals surface area contributed by atoms with E-state index in [-0.39, 0.29) is 10.8 Å². The smallest absolute Gasteiger partial charge is 0.261 e. The summed E-state index contributed by atoms with van der Waals surface area (Å²) in [5, 5.41) is 2.64. The molecule has 0 saturated heterocycles. The third kappa shape index (κ3) is 4.55. The summed E-state index contributed by atoms with van der Waals surface area (Å²) in [7, 11) is -2.48. The largest absolute Gasteiger partial charge is 0.407 e. The SMILES string of the molecule is CC(=O)c1ccc(/C=C2\C[C@H]2CO[Si](c2ccccc2)(c2ccccc2)C(C)(C)C)cc1. The first-order chi connectivity index (χ1) is 15.3. The Bertz CT molecular complexity index is 1050. The highest BCUT2D eigenvalue weighted by molar-refractivity contribution is 6.99. The molecule has 1 atom stereocenters. The standard InChI is InChI=1S/C29H32O2Si/c1-22(30)24-17-15-23(16-18-24)19-25-20-26(25)21-31-32(29(2,3)4,27-11-7-5-8-12-27)28-13-9-6-10-14-28/h5-19,26H,20-21H2,1-4H3/b25-19+/t26-/m0/s1. The van der Waals surface area contributed by atoms with Crippen LogP contribution in [0.3, 0.4) is 0 Å². The second kappa shape index (κ2) is 9.01. The van der Waals surface area contributed by atoms with Crippen LogP contribution >= 0.6 is 0 Å². The second-order valence-corrected chi connectivity index (χ2v) is 14.1. The zero-order valence-electron chi connectivity index (χ0n) is 19.5. The van der Waals surface area contributed by atoms with Gasteiger partial charge in [-0.3, -0.25) is 4.79 Å². The Morgan fingerprint density at radius 2 is 1.44 bits per heavy atom. The van der Waals surface area contributed by atoms with Gasteiger partial charge in [0.25, 0.3) is 8.32 Å². The molecule has 1 aliphatic rings. The molecule has 2 nitrogen and oxygen atoms in total. The van der Waals surface area contributed by atoms with Crippen LogP contribution in [0.2, 0.25) is 5.04 Å². The highest BCUT2D eigenvalue weighted by atomic mass is 28.4. The lowest BCUT2D eigenvalue weighted by molar-refractivity contribution is 0.101. The molecule has 3 aromatic rings. The van der Waals surface area contributed by atoms with E-state index in [1.54, 1.807) is 6.92 Å². The zero-order chi connectivity index (χ0) is 22.8. The molecule has 0 N–H and O–H groups in total. The Labute approximate surface area is 193 Å². The van der Waals surface area contributed by atoms with Gasteiger partial charge in [0.1, 0.15) is 0 Å². The fourth-order valence-electron chi connectivity index (χ4n) is 4.58. The van der Waals surface area contributed by atoms with Crippen LogP contribution in [0.1, 0.15) is 50.0 Å². The van der Waals surface area contributed by atoms with Crippen molar-refractivity contribution in [3.63, 3.8) is 0 Å². The quantitative estimate of drug-likeness (QED) is 0.339. The number of carbonyl (C=O) groups excluding carboxylic acids is 1. The summed E-state index contributed by atoms with van der Waals surface area (Å²) in [5.41, 5.74) is 3.34. The maximum absolute atomic E-state index is 11.5. The predicted molar refractivity (Wildman–Crippen MR) is 136 cm³/mol. The Morgan fingerprint density at radius 1 is 0.906 bits per heavy atom. The fraction of sp³-hybridized carbons (Fsp3) is 0.276. The predicted octanol–water partition coefficient (Wildman–Crippen LogP) is 5.87. The average Bonchev–Trinajstić information content (AvgIpc) is 3.53. The van der Waals surface area contributed by atoms with Crippen LogP contribution in [0.15, 0.2) is 90.5 Å². The van der Waals surface area contributed by atoms with Crippen LogP contribution < -0.4 is 10.4 Å². The molecule has 0 spiro atoms. The van der Waals surface area contributed by atoms with Crippen LogP contribution in [0, 0.1) is 5.92 Å². The van der Waals surface area contributed by atoms with Crippen molar-refractivity contribution in [1.82, 2.24) is 0 Å². The van der Waals surface area contributed by atoms with Crippen molar-refractivity contribution in [3.05, 3.63) is 102 Å². The molecule has 164 valence electrons. The van der Waals surface area contributed by atoms with Crippen molar-refractivity contribution in [2.45, 2.75) is 39.2 Å². The van der Waals surface area contributed by atoms with Crippen molar-refractivity contribution >= 4 is 30.6 Å². The third-order valence-electron chi connectivity index (χ3n) is 6.43. The van der Waals surface area contributed by atoms with Crippen LogP contribution in [0.4, 0.5) is 0 Å². The lowest BCUT2D eigenvalue weighted by atomic mass is 10.1. The van der Waals surface area contributed by atoms with Crippen molar-refractivity contribution in [2.75, 3.05) is 6.61 Å². The molecule has 0 aromatic heterocycles. The van der Waals surface area contributed by atoms with Crippen LogP contribution in [0.5, 0.6) is 0 Å². The van der Waals surface area contributed by atoms with Gasteiger partial charge in [-0.15, -0.1) is 0 Å². The van der Waals surface area contributed by atoms with Gasteiger partial charge in [-0.05, 0) is 34.3 Å². The fourth-order valence-corrected chi connectivity index (χ4v) is 9.19. The Morgan fingerprint density at radius 3 is 1.91 bits per heavy atom. The van der Waals surface area contributed by atoms with Gasteiger partial charge in [0.05, 0.1) is 0 Å². The summed E-state index contributed by atoms with van der Waals surface area (Å²) in [5.74, 6) is 0.566. The number of hydrogen-bond donors (Lipinski definition) is 0. The normalized spacial score (nSPS) is 17.4. The van der Waals surface area contributed by atoms with Gasteiger partial charge < -0.3 is 4.43 Å². The molecular weight excluding hydrogens is 408 g/mol. The van der Waals surface area contributed by atoms with Crippen molar-refractivity contribution < 1.29 is 9.22 Å².